The number of aryl methyl sites for hydroxylation is 1. The highest BCUT2D eigenvalue weighted by atomic mass is 19.1. The van der Waals surface area contributed by atoms with E-state index in [0.29, 0.717) is 6.42 Å². The maximum atomic E-state index is 13.9. The summed E-state index contributed by atoms with van der Waals surface area (Å²) in [6.45, 7) is 3.26. The number of ether oxygens (including phenoxy) is 1. The summed E-state index contributed by atoms with van der Waals surface area (Å²) in [5.41, 5.74) is -0.987. The predicted octanol–water partition coefficient (Wildman–Crippen LogP) is -0.149. The minimum atomic E-state index is -1.70. The monoisotopic (exact) mass is 258 g/mol. The molecule has 2 heterocycles. The Bertz CT molecular complexity index is 553. The molecule has 1 fully saturated rings. The third kappa shape index (κ3) is 1.99. The van der Waals surface area contributed by atoms with E-state index in [9.17, 15) is 19.1 Å². The molecule has 2 N–H and O–H groups in total. The van der Waals surface area contributed by atoms with Crippen LogP contribution in [0.1, 0.15) is 25.1 Å². The van der Waals surface area contributed by atoms with Gasteiger partial charge in [-0.2, -0.15) is 0 Å². The van der Waals surface area contributed by atoms with Gasteiger partial charge in [0.1, 0.15) is 6.10 Å². The fourth-order valence-corrected chi connectivity index (χ4v) is 2.04. The predicted molar refractivity (Wildman–Crippen MR) is 61.2 cm³/mol. The van der Waals surface area contributed by atoms with Crippen LogP contribution < -0.4 is 11.2 Å². The van der Waals surface area contributed by atoms with Crippen LogP contribution >= 0.6 is 0 Å². The Morgan fingerprint density at radius 1 is 1.56 bits per heavy atom. The number of aliphatic hydroxyl groups excluding tert-OH is 1. The number of nitrogens with zero attached hydrogens (tertiary/aromatic N) is 1. The molecular weight excluding hydrogens is 243 g/mol. The average molecular weight is 258 g/mol. The van der Waals surface area contributed by atoms with Crippen LogP contribution in [0.15, 0.2) is 15.8 Å². The number of halogens is 1. The number of hydrogen-bond acceptors (Lipinski definition) is 4. The smallest absolute Gasteiger partial charge is 0.330 e. The van der Waals surface area contributed by atoms with Crippen molar-refractivity contribution in [3.63, 3.8) is 0 Å². The molecule has 1 aromatic heterocycles. The Morgan fingerprint density at radius 2 is 2.22 bits per heavy atom. The first kappa shape index (κ1) is 13.0. The van der Waals surface area contributed by atoms with Crippen LogP contribution in [0, 0.1) is 6.92 Å². The Balaban J connectivity index is 2.42. The Kier molecular flexibility index (Phi) is 3.36. The Labute approximate surface area is 102 Å². The van der Waals surface area contributed by atoms with Gasteiger partial charge in [0, 0.05) is 11.8 Å². The van der Waals surface area contributed by atoms with Crippen LogP contribution in [-0.4, -0.2) is 33.0 Å². The van der Waals surface area contributed by atoms with Crippen LogP contribution in [0.25, 0.3) is 0 Å². The molecule has 1 saturated heterocycles. The summed E-state index contributed by atoms with van der Waals surface area (Å²) >= 11 is 0. The van der Waals surface area contributed by atoms with Gasteiger partial charge < -0.3 is 9.84 Å². The number of alkyl halides is 1. The minimum absolute atomic E-state index is 0.278. The van der Waals surface area contributed by atoms with Crippen molar-refractivity contribution in [2.75, 3.05) is 0 Å². The fourth-order valence-electron chi connectivity index (χ4n) is 2.04. The van der Waals surface area contributed by atoms with Crippen LogP contribution in [0.3, 0.4) is 0 Å². The van der Waals surface area contributed by atoms with Gasteiger partial charge in [-0.3, -0.25) is 14.3 Å². The van der Waals surface area contributed by atoms with Gasteiger partial charge >= 0.3 is 5.69 Å². The molecule has 7 heteroatoms. The molecule has 0 radical (unpaired) electrons. The van der Waals surface area contributed by atoms with Gasteiger partial charge in [-0.25, -0.2) is 9.18 Å². The molecule has 0 aliphatic carbocycles. The molecule has 0 amide bonds. The molecule has 1 aromatic rings. The Hall–Kier alpha value is -1.47. The standard InChI is InChI=1S/C11H15FN2O4/c1-3-6-8(15)7(12)10(18-6)14-4-5(2)9(16)13-11(14)17/h4,6-8,10,15H,3H2,1-2H3,(H,13,16,17)/t6-,7?,8?,10-/m1/s1. The number of nitrogens with one attached hydrogen (secondary N) is 1. The molecule has 1 aliphatic heterocycles. The van der Waals surface area contributed by atoms with Crippen molar-refractivity contribution in [1.29, 1.82) is 0 Å². The van der Waals surface area contributed by atoms with Crippen LogP contribution in [0.5, 0.6) is 0 Å². The van der Waals surface area contributed by atoms with Crippen molar-refractivity contribution in [1.82, 2.24) is 9.55 Å². The summed E-state index contributed by atoms with van der Waals surface area (Å²) in [4.78, 5) is 24.9. The number of rotatable bonds is 2. The highest BCUT2D eigenvalue weighted by molar-refractivity contribution is 5.03. The van der Waals surface area contributed by atoms with E-state index >= 15 is 0 Å². The second-order valence-corrected chi connectivity index (χ2v) is 4.39. The highest BCUT2D eigenvalue weighted by Gasteiger charge is 2.44. The zero-order chi connectivity index (χ0) is 13.4. The largest absolute Gasteiger partial charge is 0.387 e. The van der Waals surface area contributed by atoms with Crippen molar-refractivity contribution >= 4 is 0 Å². The van der Waals surface area contributed by atoms with Crippen molar-refractivity contribution in [2.24, 2.45) is 0 Å². The third-order valence-corrected chi connectivity index (χ3v) is 3.12. The van der Waals surface area contributed by atoms with Gasteiger partial charge in [0.05, 0.1) is 6.10 Å². The maximum absolute atomic E-state index is 13.9. The second-order valence-electron chi connectivity index (χ2n) is 4.39. The molecular formula is C11H15FN2O4. The van der Waals surface area contributed by atoms with E-state index in [1.165, 1.54) is 13.1 Å². The number of aromatic amines is 1. The van der Waals surface area contributed by atoms with Crippen molar-refractivity contribution in [3.8, 4) is 0 Å². The summed E-state index contributed by atoms with van der Waals surface area (Å²) in [6.07, 6.45) is -3.13. The lowest BCUT2D eigenvalue weighted by atomic mass is 10.1. The van der Waals surface area contributed by atoms with Gasteiger partial charge in [-0.05, 0) is 13.3 Å². The molecule has 2 rings (SSSR count). The molecule has 0 aromatic carbocycles. The molecule has 18 heavy (non-hydrogen) atoms. The van der Waals surface area contributed by atoms with E-state index in [1.807, 2.05) is 0 Å². The zero-order valence-electron chi connectivity index (χ0n) is 10.1. The first-order valence-electron chi connectivity index (χ1n) is 5.75. The van der Waals surface area contributed by atoms with Gasteiger partial charge in [0.2, 0.25) is 0 Å². The first-order chi connectivity index (χ1) is 8.45. The summed E-state index contributed by atoms with van der Waals surface area (Å²) in [6, 6.07) is 0. The summed E-state index contributed by atoms with van der Waals surface area (Å²) in [5.74, 6) is 0. The minimum Gasteiger partial charge on any atom is -0.387 e. The summed E-state index contributed by atoms with van der Waals surface area (Å²) in [5, 5.41) is 9.62. The fraction of sp³-hybridized carbons (Fsp3) is 0.636. The van der Waals surface area contributed by atoms with E-state index in [4.69, 9.17) is 4.74 Å². The molecule has 0 bridgehead atoms. The van der Waals surface area contributed by atoms with E-state index in [2.05, 4.69) is 4.98 Å². The average Bonchev–Trinajstić information content (AvgIpc) is 2.61. The molecule has 4 atom stereocenters. The molecule has 100 valence electrons. The quantitative estimate of drug-likeness (QED) is 0.772. The van der Waals surface area contributed by atoms with Gasteiger partial charge in [-0.15, -0.1) is 0 Å². The third-order valence-electron chi connectivity index (χ3n) is 3.12. The van der Waals surface area contributed by atoms with E-state index in [1.54, 1.807) is 6.92 Å². The Morgan fingerprint density at radius 3 is 2.78 bits per heavy atom. The first-order valence-corrected chi connectivity index (χ1v) is 5.75. The molecule has 0 spiro atoms. The molecule has 2 unspecified atom stereocenters. The van der Waals surface area contributed by atoms with Crippen LogP contribution in [-0.2, 0) is 4.74 Å². The lowest BCUT2D eigenvalue weighted by molar-refractivity contribution is -0.0281. The summed E-state index contributed by atoms with van der Waals surface area (Å²) in [7, 11) is 0. The van der Waals surface area contributed by atoms with Crippen molar-refractivity contribution in [2.45, 2.75) is 44.9 Å². The van der Waals surface area contributed by atoms with Gasteiger partial charge in [0.15, 0.2) is 12.4 Å². The molecule has 0 saturated carbocycles. The van der Waals surface area contributed by atoms with Gasteiger partial charge in [-0.1, -0.05) is 6.92 Å². The summed E-state index contributed by atoms with van der Waals surface area (Å²) < 4.78 is 20.2. The number of H-pyrrole nitrogens is 1. The van der Waals surface area contributed by atoms with E-state index < -0.39 is 35.9 Å². The highest BCUT2D eigenvalue weighted by Crippen LogP contribution is 2.32. The van der Waals surface area contributed by atoms with E-state index in [-0.39, 0.29) is 5.56 Å². The second kappa shape index (κ2) is 4.66. The van der Waals surface area contributed by atoms with Crippen molar-refractivity contribution in [3.05, 3.63) is 32.6 Å². The number of aliphatic hydroxyl groups is 1. The normalized spacial score (nSPS) is 31.8. The lowest BCUT2D eigenvalue weighted by Gasteiger charge is -2.16. The molecule has 6 nitrogen and oxygen atoms in total. The maximum Gasteiger partial charge on any atom is 0.330 e. The van der Waals surface area contributed by atoms with Crippen LogP contribution in [0.4, 0.5) is 4.39 Å². The zero-order valence-corrected chi connectivity index (χ0v) is 10.1. The SMILES string of the molecule is CC[C@H]1O[C@@H](n2cc(C)c(=O)[nH]c2=O)C(F)C1O. The topological polar surface area (TPSA) is 84.3 Å². The number of aromatic nitrogens is 2. The lowest BCUT2D eigenvalue weighted by Crippen LogP contribution is -2.36. The van der Waals surface area contributed by atoms with Gasteiger partial charge in [0.25, 0.3) is 5.56 Å². The van der Waals surface area contributed by atoms with Crippen molar-refractivity contribution < 1.29 is 14.2 Å². The van der Waals surface area contributed by atoms with E-state index in [0.717, 1.165) is 4.57 Å². The van der Waals surface area contributed by atoms with Crippen LogP contribution in [0.2, 0.25) is 0 Å². The molecule has 1 aliphatic rings. The number of hydrogen-bond donors (Lipinski definition) is 2.